The molecule has 1 aliphatic heterocycles. The maximum atomic E-state index is 12.2. The Labute approximate surface area is 130 Å². The zero-order valence-corrected chi connectivity index (χ0v) is 12.9. The number of amides is 2. The van der Waals surface area contributed by atoms with Gasteiger partial charge in [-0.2, -0.15) is 0 Å². The average molecular weight is 302 g/mol. The number of hydrogen-bond acceptors (Lipinski definition) is 3. The molecule has 1 N–H and O–H groups in total. The molecular formula is C17H22N2O3. The van der Waals surface area contributed by atoms with E-state index >= 15 is 0 Å². The third-order valence-electron chi connectivity index (χ3n) is 3.89. The van der Waals surface area contributed by atoms with Gasteiger partial charge in [0.25, 0.3) is 0 Å². The van der Waals surface area contributed by atoms with Gasteiger partial charge in [-0.15, -0.1) is 0 Å². The van der Waals surface area contributed by atoms with Crippen molar-refractivity contribution in [3.63, 3.8) is 0 Å². The maximum Gasteiger partial charge on any atom is 0.220 e. The van der Waals surface area contributed by atoms with Crippen molar-refractivity contribution in [2.24, 2.45) is 0 Å². The molecule has 22 heavy (non-hydrogen) atoms. The molecule has 2 rings (SSSR count). The van der Waals surface area contributed by atoms with Crippen LogP contribution in [0.2, 0.25) is 0 Å². The molecule has 0 atom stereocenters. The standard InChI is InChI=1S/C17H22N2O3/c1-2-3-4-17(22)18-9-7-16(21)14-5-6-15-13(11-14)8-10-19(15)12-20/h5-6,11-12H,2-4,7-10H2,1H3,(H,18,22). The molecule has 1 aromatic carbocycles. The highest BCUT2D eigenvalue weighted by molar-refractivity contribution is 5.97. The summed E-state index contributed by atoms with van der Waals surface area (Å²) in [6.45, 7) is 3.08. The molecule has 0 saturated carbocycles. The van der Waals surface area contributed by atoms with Crippen molar-refractivity contribution in [3.8, 4) is 0 Å². The van der Waals surface area contributed by atoms with Crippen LogP contribution in [0.4, 0.5) is 5.69 Å². The topological polar surface area (TPSA) is 66.5 Å². The number of unbranched alkanes of at least 4 members (excludes halogenated alkanes) is 1. The monoisotopic (exact) mass is 302 g/mol. The lowest BCUT2D eigenvalue weighted by Crippen LogP contribution is -2.25. The fourth-order valence-corrected chi connectivity index (χ4v) is 2.60. The fourth-order valence-electron chi connectivity index (χ4n) is 2.60. The summed E-state index contributed by atoms with van der Waals surface area (Å²) < 4.78 is 0. The Morgan fingerprint density at radius 2 is 2.14 bits per heavy atom. The summed E-state index contributed by atoms with van der Waals surface area (Å²) in [5, 5.41) is 2.77. The van der Waals surface area contributed by atoms with Crippen LogP contribution in [0.3, 0.4) is 0 Å². The number of nitrogens with one attached hydrogen (secondary N) is 1. The summed E-state index contributed by atoms with van der Waals surface area (Å²) in [5.74, 6) is 0.0216. The number of hydrogen-bond donors (Lipinski definition) is 1. The quantitative estimate of drug-likeness (QED) is 0.590. The van der Waals surface area contributed by atoms with Gasteiger partial charge in [-0.1, -0.05) is 13.3 Å². The van der Waals surface area contributed by atoms with Crippen molar-refractivity contribution in [2.45, 2.75) is 39.0 Å². The number of ketones is 1. The molecule has 0 spiro atoms. The highest BCUT2D eigenvalue weighted by Gasteiger charge is 2.19. The van der Waals surface area contributed by atoms with Crippen LogP contribution in [0.5, 0.6) is 0 Å². The first-order valence-corrected chi connectivity index (χ1v) is 7.80. The SMILES string of the molecule is CCCCC(=O)NCCC(=O)c1ccc2c(c1)CCN2C=O. The minimum absolute atomic E-state index is 0.00484. The molecule has 0 saturated heterocycles. The van der Waals surface area contributed by atoms with Crippen molar-refractivity contribution >= 4 is 23.8 Å². The Hall–Kier alpha value is -2.17. The van der Waals surface area contributed by atoms with Crippen molar-refractivity contribution < 1.29 is 14.4 Å². The van der Waals surface area contributed by atoms with Crippen molar-refractivity contribution in [3.05, 3.63) is 29.3 Å². The average Bonchev–Trinajstić information content (AvgIpc) is 2.94. The van der Waals surface area contributed by atoms with Crippen LogP contribution in [0.25, 0.3) is 0 Å². The number of fused-ring (bicyclic) bond motifs is 1. The molecule has 0 unspecified atom stereocenters. The normalized spacial score (nSPS) is 12.9. The van der Waals surface area contributed by atoms with Gasteiger partial charge in [-0.3, -0.25) is 14.4 Å². The van der Waals surface area contributed by atoms with Gasteiger partial charge in [0.1, 0.15) is 0 Å². The largest absolute Gasteiger partial charge is 0.356 e. The summed E-state index contributed by atoms with van der Waals surface area (Å²) in [6.07, 6.45) is 4.28. The second-order valence-corrected chi connectivity index (χ2v) is 5.52. The predicted octanol–water partition coefficient (Wildman–Crippen LogP) is 2.08. The van der Waals surface area contributed by atoms with E-state index in [4.69, 9.17) is 0 Å². The number of anilines is 1. The molecule has 2 amide bonds. The van der Waals surface area contributed by atoms with Gasteiger partial charge in [0.15, 0.2) is 5.78 Å². The summed E-state index contributed by atoms with van der Waals surface area (Å²) in [4.78, 5) is 36.2. The maximum absolute atomic E-state index is 12.2. The number of carbonyl (C=O) groups is 3. The minimum atomic E-state index is 0.00484. The Kier molecular flexibility index (Phi) is 5.69. The predicted molar refractivity (Wildman–Crippen MR) is 85.0 cm³/mol. The van der Waals surface area contributed by atoms with Gasteiger partial charge in [-0.05, 0) is 36.6 Å². The number of nitrogens with zero attached hydrogens (tertiary/aromatic N) is 1. The lowest BCUT2D eigenvalue weighted by Gasteiger charge is -2.10. The van der Waals surface area contributed by atoms with E-state index in [9.17, 15) is 14.4 Å². The molecule has 1 heterocycles. The van der Waals surface area contributed by atoms with Gasteiger partial charge in [0, 0.05) is 37.2 Å². The zero-order chi connectivity index (χ0) is 15.9. The molecule has 5 nitrogen and oxygen atoms in total. The molecule has 0 aromatic heterocycles. The van der Waals surface area contributed by atoms with E-state index in [-0.39, 0.29) is 11.7 Å². The number of benzene rings is 1. The first-order chi connectivity index (χ1) is 10.7. The summed E-state index contributed by atoms with van der Waals surface area (Å²) in [7, 11) is 0. The molecule has 0 radical (unpaired) electrons. The van der Waals surface area contributed by atoms with E-state index in [1.165, 1.54) is 0 Å². The first-order valence-electron chi connectivity index (χ1n) is 7.80. The zero-order valence-electron chi connectivity index (χ0n) is 12.9. The van der Waals surface area contributed by atoms with Crippen LogP contribution in [-0.2, 0) is 16.0 Å². The molecule has 5 heteroatoms. The highest BCUT2D eigenvalue weighted by Crippen LogP contribution is 2.27. The molecular weight excluding hydrogens is 280 g/mol. The molecule has 0 fully saturated rings. The van der Waals surface area contributed by atoms with Crippen LogP contribution in [0.15, 0.2) is 18.2 Å². The van der Waals surface area contributed by atoms with E-state index < -0.39 is 0 Å². The van der Waals surface area contributed by atoms with Crippen LogP contribution >= 0.6 is 0 Å². The summed E-state index contributed by atoms with van der Waals surface area (Å²) in [6, 6.07) is 5.44. The van der Waals surface area contributed by atoms with Gasteiger partial charge < -0.3 is 10.2 Å². The van der Waals surface area contributed by atoms with Crippen LogP contribution < -0.4 is 10.2 Å². The smallest absolute Gasteiger partial charge is 0.220 e. The Balaban J connectivity index is 1.86. The lowest BCUT2D eigenvalue weighted by molar-refractivity contribution is -0.121. The Morgan fingerprint density at radius 1 is 1.32 bits per heavy atom. The van der Waals surface area contributed by atoms with E-state index in [0.717, 1.165) is 36.9 Å². The Morgan fingerprint density at radius 3 is 2.86 bits per heavy atom. The number of Topliss-reactive ketones (excluding diaryl/α,β-unsaturated/α-hetero) is 1. The molecule has 0 bridgehead atoms. The summed E-state index contributed by atoms with van der Waals surface area (Å²) >= 11 is 0. The fraction of sp³-hybridized carbons (Fsp3) is 0.471. The lowest BCUT2D eigenvalue weighted by atomic mass is 10.0. The third kappa shape index (κ3) is 3.93. The van der Waals surface area contributed by atoms with Gasteiger partial charge >= 0.3 is 0 Å². The number of carbonyl (C=O) groups excluding carboxylic acids is 3. The second-order valence-electron chi connectivity index (χ2n) is 5.52. The highest BCUT2D eigenvalue weighted by atomic mass is 16.2. The van der Waals surface area contributed by atoms with Crippen LogP contribution in [0.1, 0.15) is 48.5 Å². The first kappa shape index (κ1) is 16.2. The van der Waals surface area contributed by atoms with E-state index in [1.807, 2.05) is 19.1 Å². The van der Waals surface area contributed by atoms with Crippen molar-refractivity contribution in [1.29, 1.82) is 0 Å². The van der Waals surface area contributed by atoms with E-state index in [0.29, 0.717) is 31.5 Å². The van der Waals surface area contributed by atoms with Gasteiger partial charge in [0.05, 0.1) is 0 Å². The van der Waals surface area contributed by atoms with Crippen LogP contribution in [-0.4, -0.2) is 31.2 Å². The van der Waals surface area contributed by atoms with Crippen molar-refractivity contribution in [2.75, 3.05) is 18.0 Å². The molecule has 118 valence electrons. The van der Waals surface area contributed by atoms with E-state index in [1.54, 1.807) is 11.0 Å². The molecule has 1 aromatic rings. The minimum Gasteiger partial charge on any atom is -0.356 e. The van der Waals surface area contributed by atoms with Crippen molar-refractivity contribution in [1.82, 2.24) is 5.32 Å². The number of rotatable bonds is 8. The second kappa shape index (κ2) is 7.73. The third-order valence-corrected chi connectivity index (χ3v) is 3.89. The van der Waals surface area contributed by atoms with Gasteiger partial charge in [-0.25, -0.2) is 0 Å². The molecule has 1 aliphatic rings. The molecule has 0 aliphatic carbocycles. The summed E-state index contributed by atoms with van der Waals surface area (Å²) in [5.41, 5.74) is 2.57. The van der Waals surface area contributed by atoms with Gasteiger partial charge in [0.2, 0.25) is 12.3 Å². The Bertz CT molecular complexity index is 569. The van der Waals surface area contributed by atoms with Crippen LogP contribution in [0, 0.1) is 0 Å². The van der Waals surface area contributed by atoms with E-state index in [2.05, 4.69) is 5.32 Å².